The largest absolute Gasteiger partial charge is 0.283 e. The van der Waals surface area contributed by atoms with Gasteiger partial charge >= 0.3 is 0 Å². The van der Waals surface area contributed by atoms with Crippen LogP contribution in [0.4, 0.5) is 5.69 Å². The van der Waals surface area contributed by atoms with E-state index in [2.05, 4.69) is 11.0 Å². The molecular formula is C14H17N3O2. The molecule has 100 valence electrons. The minimum absolute atomic E-state index is 0.142. The predicted octanol–water partition coefficient (Wildman–Crippen LogP) is 2.86. The molecule has 0 radical (unpaired) electrons. The molecule has 0 unspecified atom stereocenters. The zero-order chi connectivity index (χ0) is 13.7. The normalized spacial score (nSPS) is 15.6. The number of rotatable bonds is 5. The van der Waals surface area contributed by atoms with Crippen molar-refractivity contribution in [3.8, 4) is 6.07 Å². The summed E-state index contributed by atoms with van der Waals surface area (Å²) in [5.41, 5.74) is 0.832. The third-order valence-corrected chi connectivity index (χ3v) is 3.68. The minimum Gasteiger partial charge on any atom is -0.283 e. The van der Waals surface area contributed by atoms with Crippen LogP contribution in [0.15, 0.2) is 24.3 Å². The number of benzene rings is 1. The quantitative estimate of drug-likeness (QED) is 0.463. The maximum Gasteiger partial charge on any atom is 0.273 e. The second kappa shape index (κ2) is 6.30. The Bertz CT molecular complexity index is 490. The lowest BCUT2D eigenvalue weighted by molar-refractivity contribution is -0.385. The zero-order valence-electron chi connectivity index (χ0n) is 10.8. The number of hydrogen-bond acceptors (Lipinski definition) is 4. The second-order valence-electron chi connectivity index (χ2n) is 4.89. The first-order valence-corrected chi connectivity index (χ1v) is 6.55. The molecule has 0 saturated heterocycles. The van der Waals surface area contributed by atoms with Crippen molar-refractivity contribution < 1.29 is 4.92 Å². The molecule has 0 spiro atoms. The maximum atomic E-state index is 11.0. The topological polar surface area (TPSA) is 70.2 Å². The molecule has 1 aromatic rings. The van der Waals surface area contributed by atoms with Gasteiger partial charge in [-0.25, -0.2) is 0 Å². The third-order valence-electron chi connectivity index (χ3n) is 3.68. The van der Waals surface area contributed by atoms with Crippen molar-refractivity contribution in [2.24, 2.45) is 0 Å². The van der Waals surface area contributed by atoms with Crippen LogP contribution in [-0.4, -0.2) is 22.4 Å². The number of nitriles is 1. The van der Waals surface area contributed by atoms with Crippen LogP contribution >= 0.6 is 0 Å². The average Bonchev–Trinajstić information content (AvgIpc) is 2.92. The lowest BCUT2D eigenvalue weighted by atomic mass is 10.1. The van der Waals surface area contributed by atoms with E-state index in [0.717, 1.165) is 12.8 Å². The van der Waals surface area contributed by atoms with Crippen molar-refractivity contribution >= 4 is 5.69 Å². The molecule has 0 aromatic heterocycles. The molecule has 1 fully saturated rings. The molecule has 1 aliphatic rings. The molecule has 0 atom stereocenters. The molecule has 1 aliphatic carbocycles. The lowest BCUT2D eigenvalue weighted by Crippen LogP contribution is -2.33. The molecule has 0 N–H and O–H groups in total. The van der Waals surface area contributed by atoms with Gasteiger partial charge in [-0.15, -0.1) is 0 Å². The first-order chi connectivity index (χ1) is 9.22. The standard InChI is InChI=1S/C14H17N3O2/c15-9-10-16(13-6-2-3-7-13)11-12-5-1-4-8-14(12)17(18)19/h1,4-5,8,13H,2-3,6-7,10-11H2. The number of para-hydroxylation sites is 1. The van der Waals surface area contributed by atoms with Gasteiger partial charge in [-0.05, 0) is 12.8 Å². The van der Waals surface area contributed by atoms with E-state index in [0.29, 0.717) is 24.7 Å². The first kappa shape index (κ1) is 13.5. The fourth-order valence-electron chi connectivity index (χ4n) is 2.72. The summed E-state index contributed by atoms with van der Waals surface area (Å²) in [4.78, 5) is 12.7. The summed E-state index contributed by atoms with van der Waals surface area (Å²) in [5.74, 6) is 0. The van der Waals surface area contributed by atoms with E-state index < -0.39 is 0 Å². The van der Waals surface area contributed by atoms with E-state index in [1.807, 2.05) is 6.07 Å². The van der Waals surface area contributed by atoms with Crippen LogP contribution in [0.1, 0.15) is 31.2 Å². The van der Waals surface area contributed by atoms with Crippen molar-refractivity contribution in [2.75, 3.05) is 6.54 Å². The molecule has 2 rings (SSSR count). The Hall–Kier alpha value is -1.93. The predicted molar refractivity (Wildman–Crippen MR) is 71.4 cm³/mol. The summed E-state index contributed by atoms with van der Waals surface area (Å²) in [7, 11) is 0. The van der Waals surface area contributed by atoms with Gasteiger partial charge in [-0.2, -0.15) is 5.26 Å². The van der Waals surface area contributed by atoms with Crippen molar-refractivity contribution in [3.63, 3.8) is 0 Å². The number of hydrogen-bond donors (Lipinski definition) is 0. The first-order valence-electron chi connectivity index (χ1n) is 6.55. The Labute approximate surface area is 112 Å². The van der Waals surface area contributed by atoms with Crippen LogP contribution in [-0.2, 0) is 6.54 Å². The van der Waals surface area contributed by atoms with Crippen molar-refractivity contribution in [2.45, 2.75) is 38.3 Å². The highest BCUT2D eigenvalue weighted by molar-refractivity contribution is 5.39. The number of nitrogens with zero attached hydrogens (tertiary/aromatic N) is 3. The highest BCUT2D eigenvalue weighted by atomic mass is 16.6. The maximum absolute atomic E-state index is 11.0. The molecule has 1 saturated carbocycles. The van der Waals surface area contributed by atoms with Crippen LogP contribution in [0.25, 0.3) is 0 Å². The van der Waals surface area contributed by atoms with Gasteiger partial charge < -0.3 is 0 Å². The van der Waals surface area contributed by atoms with Crippen molar-refractivity contribution in [1.82, 2.24) is 4.90 Å². The second-order valence-corrected chi connectivity index (χ2v) is 4.89. The monoisotopic (exact) mass is 259 g/mol. The number of nitro benzene ring substituents is 1. The Balaban J connectivity index is 2.17. The zero-order valence-corrected chi connectivity index (χ0v) is 10.8. The molecule has 0 aliphatic heterocycles. The van der Waals surface area contributed by atoms with Crippen LogP contribution < -0.4 is 0 Å². The summed E-state index contributed by atoms with van der Waals surface area (Å²) in [6.07, 6.45) is 4.54. The summed E-state index contributed by atoms with van der Waals surface area (Å²) < 4.78 is 0. The van der Waals surface area contributed by atoms with Crippen molar-refractivity contribution in [3.05, 3.63) is 39.9 Å². The molecule has 0 bridgehead atoms. The van der Waals surface area contributed by atoms with E-state index in [1.165, 1.54) is 18.9 Å². The number of nitro groups is 1. The van der Waals surface area contributed by atoms with E-state index in [9.17, 15) is 10.1 Å². The summed E-state index contributed by atoms with van der Waals surface area (Å²) >= 11 is 0. The Morgan fingerprint density at radius 2 is 2.05 bits per heavy atom. The molecular weight excluding hydrogens is 242 g/mol. The van der Waals surface area contributed by atoms with Crippen LogP contribution in [0, 0.1) is 21.4 Å². The van der Waals surface area contributed by atoms with Crippen LogP contribution in [0.5, 0.6) is 0 Å². The Kier molecular flexibility index (Phi) is 4.48. The van der Waals surface area contributed by atoms with Crippen molar-refractivity contribution in [1.29, 1.82) is 5.26 Å². The van der Waals surface area contributed by atoms with E-state index >= 15 is 0 Å². The van der Waals surface area contributed by atoms with E-state index in [1.54, 1.807) is 12.1 Å². The van der Waals surface area contributed by atoms with Gasteiger partial charge in [0.05, 0.1) is 17.5 Å². The summed E-state index contributed by atoms with van der Waals surface area (Å²) in [6, 6.07) is 9.34. The highest BCUT2D eigenvalue weighted by Crippen LogP contribution is 2.27. The molecule has 1 aromatic carbocycles. The fourth-order valence-corrected chi connectivity index (χ4v) is 2.72. The lowest BCUT2D eigenvalue weighted by Gasteiger charge is -2.25. The molecule has 0 heterocycles. The van der Waals surface area contributed by atoms with E-state index in [-0.39, 0.29) is 10.6 Å². The highest BCUT2D eigenvalue weighted by Gasteiger charge is 2.24. The summed E-state index contributed by atoms with van der Waals surface area (Å²) in [6.45, 7) is 0.812. The van der Waals surface area contributed by atoms with Gasteiger partial charge in [0.1, 0.15) is 0 Å². The Morgan fingerprint density at radius 1 is 1.37 bits per heavy atom. The minimum atomic E-state index is -0.353. The average molecular weight is 259 g/mol. The Morgan fingerprint density at radius 3 is 2.68 bits per heavy atom. The van der Waals surface area contributed by atoms with Crippen LogP contribution in [0.2, 0.25) is 0 Å². The fraction of sp³-hybridized carbons (Fsp3) is 0.500. The van der Waals surface area contributed by atoms with Gasteiger partial charge in [-0.3, -0.25) is 15.0 Å². The summed E-state index contributed by atoms with van der Waals surface area (Å²) in [5, 5.41) is 19.9. The molecule has 0 amide bonds. The third kappa shape index (κ3) is 3.30. The molecule has 5 heteroatoms. The van der Waals surface area contributed by atoms with Gasteiger partial charge in [0.25, 0.3) is 5.69 Å². The van der Waals surface area contributed by atoms with E-state index in [4.69, 9.17) is 5.26 Å². The SMILES string of the molecule is N#CCN(Cc1ccccc1[N+](=O)[O-])C1CCCC1. The van der Waals surface area contributed by atoms with Gasteiger partial charge in [0.15, 0.2) is 0 Å². The van der Waals surface area contributed by atoms with Gasteiger partial charge in [0, 0.05) is 24.2 Å². The molecule has 5 nitrogen and oxygen atoms in total. The van der Waals surface area contributed by atoms with Gasteiger partial charge in [-0.1, -0.05) is 31.0 Å². The molecule has 19 heavy (non-hydrogen) atoms. The van der Waals surface area contributed by atoms with Gasteiger partial charge in [0.2, 0.25) is 0 Å². The van der Waals surface area contributed by atoms with Crippen LogP contribution in [0.3, 0.4) is 0 Å². The smallest absolute Gasteiger partial charge is 0.273 e.